The Morgan fingerprint density at radius 1 is 1.15 bits per heavy atom. The summed E-state index contributed by atoms with van der Waals surface area (Å²) in [4.78, 5) is 38.3. The van der Waals surface area contributed by atoms with Crippen molar-refractivity contribution in [1.29, 1.82) is 0 Å². The number of carbonyl (C=O) groups excluding carboxylic acids is 3. The summed E-state index contributed by atoms with van der Waals surface area (Å²) in [5.41, 5.74) is 1.06. The van der Waals surface area contributed by atoms with Crippen LogP contribution in [0.1, 0.15) is 66.7 Å². The molecule has 13 atom stereocenters. The molecule has 5 aliphatic carbocycles. The largest absolute Gasteiger partial charge is 0.462 e. The molecular weight excluding hydrogens is 512 g/mol. The molecule has 8 heteroatoms. The molecule has 5 fully saturated rings. The van der Waals surface area contributed by atoms with Gasteiger partial charge in [0.05, 0.1) is 17.1 Å². The minimum atomic E-state index is -1.08. The maximum absolute atomic E-state index is 14.1. The lowest BCUT2D eigenvalue weighted by atomic mass is 9.57. The number of esters is 3. The zero-order chi connectivity index (χ0) is 28.7. The van der Waals surface area contributed by atoms with E-state index in [1.165, 1.54) is 6.92 Å². The maximum Gasteiger partial charge on any atom is 0.334 e. The lowest BCUT2D eigenvalue weighted by Gasteiger charge is -2.43. The average molecular weight is 553 g/mol. The van der Waals surface area contributed by atoms with E-state index < -0.39 is 40.7 Å². The number of aliphatic hydroxyl groups excluding tert-OH is 1. The van der Waals surface area contributed by atoms with Crippen molar-refractivity contribution in [2.45, 2.75) is 96.7 Å². The first kappa shape index (κ1) is 26.4. The van der Waals surface area contributed by atoms with E-state index in [1.807, 2.05) is 26.8 Å². The summed E-state index contributed by atoms with van der Waals surface area (Å²) in [5, 5.41) is 23.8. The molecule has 2 saturated heterocycles. The Bertz CT molecular complexity index is 1310. The second-order valence-corrected chi connectivity index (χ2v) is 14.2. The van der Waals surface area contributed by atoms with Crippen LogP contribution in [0.15, 0.2) is 34.9 Å². The van der Waals surface area contributed by atoms with Crippen LogP contribution in [-0.2, 0) is 28.6 Å². The van der Waals surface area contributed by atoms with Crippen LogP contribution >= 0.6 is 0 Å². The van der Waals surface area contributed by atoms with E-state index in [0.29, 0.717) is 37.7 Å². The van der Waals surface area contributed by atoms with E-state index in [9.17, 15) is 24.6 Å². The Labute approximate surface area is 234 Å². The van der Waals surface area contributed by atoms with Gasteiger partial charge in [0.15, 0.2) is 0 Å². The Balaban J connectivity index is 1.32. The molecule has 216 valence electrons. The van der Waals surface area contributed by atoms with Gasteiger partial charge in [0.2, 0.25) is 0 Å². The van der Waals surface area contributed by atoms with Gasteiger partial charge in [0.1, 0.15) is 18.3 Å². The number of carbonyl (C=O) groups is 3. The fraction of sp³-hybridized carbons (Fsp3) is 0.719. The van der Waals surface area contributed by atoms with Crippen LogP contribution in [0.3, 0.4) is 0 Å². The third-order valence-corrected chi connectivity index (χ3v) is 12.5. The van der Waals surface area contributed by atoms with Crippen molar-refractivity contribution in [1.82, 2.24) is 0 Å². The SMILES string of the molecule is C=C1C(=O)O[C@H]2C[C@H](C)[C@@]34C[C@@]5(C(=O)O[C@H]6C=C(C)[C@H]7[C@@H](OC(C)=O)C[C@@](C)(O)[C@@H]7C[C@@H]65)[C@@H](C(C)=C3C[C@H]12)[C@H]4O. The van der Waals surface area contributed by atoms with E-state index in [2.05, 4.69) is 13.5 Å². The molecule has 0 aromatic rings. The summed E-state index contributed by atoms with van der Waals surface area (Å²) in [5.74, 6) is -2.09. The molecule has 0 unspecified atom stereocenters. The van der Waals surface area contributed by atoms with Gasteiger partial charge in [-0.3, -0.25) is 9.59 Å². The van der Waals surface area contributed by atoms with Crippen LogP contribution in [0, 0.1) is 46.3 Å². The van der Waals surface area contributed by atoms with Gasteiger partial charge >= 0.3 is 17.9 Å². The molecule has 0 aromatic heterocycles. The predicted molar refractivity (Wildman–Crippen MR) is 142 cm³/mol. The van der Waals surface area contributed by atoms with Crippen LogP contribution in [0.2, 0.25) is 0 Å². The van der Waals surface area contributed by atoms with Crippen molar-refractivity contribution in [2.75, 3.05) is 0 Å². The molecule has 2 N–H and O–H groups in total. The van der Waals surface area contributed by atoms with Crippen molar-refractivity contribution >= 4 is 17.9 Å². The summed E-state index contributed by atoms with van der Waals surface area (Å²) < 4.78 is 17.6. The number of fused-ring (bicyclic) bond motifs is 6. The molecule has 7 aliphatic rings. The molecule has 7 rings (SSSR count). The summed E-state index contributed by atoms with van der Waals surface area (Å²) in [6.07, 6.45) is 2.69. The van der Waals surface area contributed by atoms with Crippen molar-refractivity contribution in [3.8, 4) is 0 Å². The van der Waals surface area contributed by atoms with Gasteiger partial charge in [-0.15, -0.1) is 0 Å². The molecule has 0 radical (unpaired) electrons. The average Bonchev–Trinajstić information content (AvgIpc) is 3.44. The van der Waals surface area contributed by atoms with Gasteiger partial charge in [0, 0.05) is 48.0 Å². The molecule has 3 saturated carbocycles. The van der Waals surface area contributed by atoms with Crippen molar-refractivity contribution in [3.63, 3.8) is 0 Å². The molecular formula is C32H40O8. The minimum Gasteiger partial charge on any atom is -0.462 e. The maximum atomic E-state index is 14.1. The van der Waals surface area contributed by atoms with Crippen LogP contribution in [0.25, 0.3) is 0 Å². The topological polar surface area (TPSA) is 119 Å². The summed E-state index contributed by atoms with van der Waals surface area (Å²) in [7, 11) is 0. The summed E-state index contributed by atoms with van der Waals surface area (Å²) in [6, 6.07) is 0. The number of hydrogen-bond acceptors (Lipinski definition) is 8. The van der Waals surface area contributed by atoms with Gasteiger partial charge in [-0.05, 0) is 64.4 Å². The standard InChI is InChI=1S/C32H40O8/c1-13-7-23-20(10-21-25(13)24(38-17(5)33)11-30(21,6)37)32(29(36)40-23)12-31-14(2)8-22-18(15(3)28(35)39-22)9-19(31)16(4)26(32)27(31)34/h7,14,18,20-27,34,37H,3,8-12H2,1-2,4-6H3/t14-,18+,20-,21+,22-,23-,24-,25+,26-,27+,30+,31-,32-/m0/s1. The van der Waals surface area contributed by atoms with Crippen molar-refractivity contribution in [3.05, 3.63) is 34.9 Å². The van der Waals surface area contributed by atoms with E-state index in [0.717, 1.165) is 16.7 Å². The monoisotopic (exact) mass is 552 g/mol. The number of hydrogen-bond donors (Lipinski definition) is 2. The molecule has 40 heavy (non-hydrogen) atoms. The first-order valence-electron chi connectivity index (χ1n) is 14.8. The number of rotatable bonds is 1. The normalized spacial score (nSPS) is 52.4. The highest BCUT2D eigenvalue weighted by Crippen LogP contribution is 2.75. The highest BCUT2D eigenvalue weighted by molar-refractivity contribution is 5.91. The van der Waals surface area contributed by atoms with Gasteiger partial charge in [-0.1, -0.05) is 30.2 Å². The van der Waals surface area contributed by atoms with Gasteiger partial charge in [-0.25, -0.2) is 4.79 Å². The lowest BCUT2D eigenvalue weighted by Crippen LogP contribution is -2.45. The fourth-order valence-electron chi connectivity index (χ4n) is 10.9. The van der Waals surface area contributed by atoms with E-state index in [4.69, 9.17) is 14.2 Å². The van der Waals surface area contributed by atoms with Gasteiger partial charge in [0.25, 0.3) is 0 Å². The van der Waals surface area contributed by atoms with Crippen LogP contribution in [0.4, 0.5) is 0 Å². The third kappa shape index (κ3) is 3.02. The molecule has 2 spiro atoms. The molecule has 2 aliphatic heterocycles. The highest BCUT2D eigenvalue weighted by atomic mass is 16.6. The quantitative estimate of drug-likeness (QED) is 0.220. The van der Waals surface area contributed by atoms with E-state index in [-0.39, 0.29) is 53.6 Å². The molecule has 0 amide bonds. The smallest absolute Gasteiger partial charge is 0.334 e. The molecule has 2 bridgehead atoms. The predicted octanol–water partition coefficient (Wildman–Crippen LogP) is 3.41. The molecule has 0 aromatic carbocycles. The number of ether oxygens (including phenoxy) is 3. The van der Waals surface area contributed by atoms with Crippen molar-refractivity contribution < 1.29 is 38.8 Å². The van der Waals surface area contributed by atoms with Gasteiger partial charge < -0.3 is 24.4 Å². The summed E-state index contributed by atoms with van der Waals surface area (Å²) in [6.45, 7) is 13.4. The lowest BCUT2D eigenvalue weighted by molar-refractivity contribution is -0.150. The van der Waals surface area contributed by atoms with Gasteiger partial charge in [-0.2, -0.15) is 0 Å². The van der Waals surface area contributed by atoms with E-state index >= 15 is 0 Å². The Hall–Kier alpha value is -2.45. The van der Waals surface area contributed by atoms with Crippen LogP contribution < -0.4 is 0 Å². The van der Waals surface area contributed by atoms with E-state index in [1.54, 1.807) is 0 Å². The minimum absolute atomic E-state index is 0.0175. The summed E-state index contributed by atoms with van der Waals surface area (Å²) >= 11 is 0. The highest BCUT2D eigenvalue weighted by Gasteiger charge is 2.77. The molecule has 2 heterocycles. The fourth-order valence-corrected chi connectivity index (χ4v) is 10.9. The first-order valence-corrected chi connectivity index (χ1v) is 14.8. The third-order valence-electron chi connectivity index (χ3n) is 12.5. The second-order valence-electron chi connectivity index (χ2n) is 14.2. The van der Waals surface area contributed by atoms with Crippen LogP contribution in [-0.4, -0.2) is 58.1 Å². The first-order chi connectivity index (χ1) is 18.7. The zero-order valence-corrected chi connectivity index (χ0v) is 23.9. The van der Waals surface area contributed by atoms with Crippen molar-refractivity contribution in [2.24, 2.45) is 46.3 Å². The number of aliphatic hydroxyl groups is 2. The Morgan fingerprint density at radius 2 is 1.88 bits per heavy atom. The Morgan fingerprint density at radius 3 is 2.58 bits per heavy atom. The second kappa shape index (κ2) is 8.09. The van der Waals surface area contributed by atoms with Crippen LogP contribution in [0.5, 0.6) is 0 Å². The Kier molecular flexibility index (Phi) is 5.35. The zero-order valence-electron chi connectivity index (χ0n) is 23.9. The molecule has 8 nitrogen and oxygen atoms in total.